The van der Waals surface area contributed by atoms with Crippen LogP contribution in [0.15, 0.2) is 60.7 Å². The van der Waals surface area contributed by atoms with Gasteiger partial charge in [0.1, 0.15) is 12.6 Å². The highest BCUT2D eigenvalue weighted by molar-refractivity contribution is 5.18. The fourth-order valence-electron chi connectivity index (χ4n) is 3.71. The third-order valence-electron chi connectivity index (χ3n) is 5.77. The largest absolute Gasteiger partial charge is 0.314 e. The first kappa shape index (κ1) is 18.7. The van der Waals surface area contributed by atoms with Crippen molar-refractivity contribution in [2.45, 2.75) is 65.1 Å². The maximum Gasteiger partial charge on any atom is 0.112 e. The van der Waals surface area contributed by atoms with Crippen molar-refractivity contribution in [2.75, 3.05) is 7.05 Å². The van der Waals surface area contributed by atoms with Gasteiger partial charge in [0.2, 0.25) is 0 Å². The van der Waals surface area contributed by atoms with Crippen LogP contribution in [0.4, 0.5) is 0 Å². The molecule has 2 rings (SSSR count). The molecule has 0 spiro atoms. The van der Waals surface area contributed by atoms with Crippen LogP contribution in [0.25, 0.3) is 0 Å². The lowest BCUT2D eigenvalue weighted by Crippen LogP contribution is -2.51. The van der Waals surface area contributed by atoms with E-state index >= 15 is 0 Å². The molecule has 1 nitrogen and oxygen atoms in total. The zero-order chi connectivity index (χ0) is 17.4. The number of hydrogen-bond donors (Lipinski definition) is 0. The molecule has 3 atom stereocenters. The van der Waals surface area contributed by atoms with E-state index in [0.717, 1.165) is 11.0 Å². The predicted octanol–water partition coefficient (Wildman–Crippen LogP) is 6.36. The van der Waals surface area contributed by atoms with Gasteiger partial charge in [0, 0.05) is 11.1 Å². The van der Waals surface area contributed by atoms with E-state index in [4.69, 9.17) is 0 Å². The van der Waals surface area contributed by atoms with Gasteiger partial charge in [-0.25, -0.2) is 0 Å². The van der Waals surface area contributed by atoms with Crippen LogP contribution in [-0.2, 0) is 6.54 Å². The zero-order valence-corrected chi connectivity index (χ0v) is 15.9. The summed E-state index contributed by atoms with van der Waals surface area (Å²) in [6.45, 7) is 8.21. The summed E-state index contributed by atoms with van der Waals surface area (Å²) in [6, 6.07) is 23.1. The van der Waals surface area contributed by atoms with Crippen molar-refractivity contribution >= 4 is 0 Å². The van der Waals surface area contributed by atoms with Crippen LogP contribution in [-0.4, -0.2) is 17.6 Å². The summed E-state index contributed by atoms with van der Waals surface area (Å²) in [6.07, 6.45) is 5.27. The Kier molecular flexibility index (Phi) is 7.05. The SMILES string of the molecule is CCCCCC(C)[N+](C)(Cc1ccccc1)C(C)c1ccccc1. The highest BCUT2D eigenvalue weighted by Crippen LogP contribution is 2.34. The molecule has 0 aromatic heterocycles. The molecule has 130 valence electrons. The fraction of sp³-hybridized carbons (Fsp3) is 0.478. The maximum atomic E-state index is 2.45. The minimum Gasteiger partial charge on any atom is -0.314 e. The highest BCUT2D eigenvalue weighted by atomic mass is 15.4. The smallest absolute Gasteiger partial charge is 0.112 e. The minimum atomic E-state index is 0.489. The van der Waals surface area contributed by atoms with Gasteiger partial charge in [-0.2, -0.15) is 0 Å². The second-order valence-electron chi connectivity index (χ2n) is 7.42. The monoisotopic (exact) mass is 324 g/mol. The third kappa shape index (κ3) is 4.70. The first-order chi connectivity index (χ1) is 11.6. The summed E-state index contributed by atoms with van der Waals surface area (Å²) in [4.78, 5) is 0. The molecule has 0 N–H and O–H groups in total. The Balaban J connectivity index is 2.25. The highest BCUT2D eigenvalue weighted by Gasteiger charge is 2.35. The van der Waals surface area contributed by atoms with Crippen molar-refractivity contribution in [3.8, 4) is 0 Å². The van der Waals surface area contributed by atoms with Crippen LogP contribution in [0.5, 0.6) is 0 Å². The van der Waals surface area contributed by atoms with Crippen molar-refractivity contribution in [3.05, 3.63) is 71.8 Å². The van der Waals surface area contributed by atoms with E-state index in [-0.39, 0.29) is 0 Å². The van der Waals surface area contributed by atoms with Gasteiger partial charge >= 0.3 is 0 Å². The lowest BCUT2D eigenvalue weighted by Gasteiger charge is -2.45. The molecule has 0 fully saturated rings. The Bertz CT molecular complexity index is 577. The summed E-state index contributed by atoms with van der Waals surface area (Å²) in [5.41, 5.74) is 2.88. The van der Waals surface area contributed by atoms with Crippen LogP contribution in [0.2, 0.25) is 0 Å². The molecule has 0 aliphatic carbocycles. The molecular weight excluding hydrogens is 290 g/mol. The molecule has 0 aliphatic rings. The second kappa shape index (κ2) is 9.03. The van der Waals surface area contributed by atoms with E-state index in [1.807, 2.05) is 0 Å². The molecule has 0 heterocycles. The minimum absolute atomic E-state index is 0.489. The Morgan fingerprint density at radius 3 is 2.00 bits per heavy atom. The van der Waals surface area contributed by atoms with Crippen molar-refractivity contribution in [1.82, 2.24) is 0 Å². The number of unbranched alkanes of at least 4 members (excludes halogenated alkanes) is 2. The quantitative estimate of drug-likeness (QED) is 0.372. The Hall–Kier alpha value is -1.60. The number of quaternary nitrogens is 1. The lowest BCUT2D eigenvalue weighted by atomic mass is 9.97. The molecule has 0 bridgehead atoms. The van der Waals surface area contributed by atoms with Gasteiger partial charge in [-0.3, -0.25) is 0 Å². The maximum absolute atomic E-state index is 2.45. The van der Waals surface area contributed by atoms with Gasteiger partial charge in [0.05, 0.1) is 13.1 Å². The molecule has 0 saturated heterocycles. The summed E-state index contributed by atoms with van der Waals surface area (Å²) in [7, 11) is 2.45. The molecule has 0 amide bonds. The van der Waals surface area contributed by atoms with Crippen LogP contribution >= 0.6 is 0 Å². The lowest BCUT2D eigenvalue weighted by molar-refractivity contribution is -0.971. The van der Waals surface area contributed by atoms with Gasteiger partial charge in [0.25, 0.3) is 0 Å². The first-order valence-electron chi connectivity index (χ1n) is 9.51. The van der Waals surface area contributed by atoms with Crippen molar-refractivity contribution in [1.29, 1.82) is 0 Å². The Labute approximate surface area is 148 Å². The predicted molar refractivity (Wildman–Crippen MR) is 105 cm³/mol. The molecule has 24 heavy (non-hydrogen) atoms. The summed E-state index contributed by atoms with van der Waals surface area (Å²) >= 11 is 0. The van der Waals surface area contributed by atoms with Gasteiger partial charge in [-0.1, -0.05) is 80.4 Å². The van der Waals surface area contributed by atoms with Gasteiger partial charge in [-0.05, 0) is 26.7 Å². The molecule has 2 aromatic carbocycles. The van der Waals surface area contributed by atoms with Gasteiger partial charge < -0.3 is 4.48 Å². The van der Waals surface area contributed by atoms with E-state index < -0.39 is 0 Å². The van der Waals surface area contributed by atoms with Crippen molar-refractivity contribution in [2.24, 2.45) is 0 Å². The van der Waals surface area contributed by atoms with Gasteiger partial charge in [0.15, 0.2) is 0 Å². The molecule has 3 unspecified atom stereocenters. The Morgan fingerprint density at radius 2 is 1.42 bits per heavy atom. The number of hydrogen-bond acceptors (Lipinski definition) is 0. The molecule has 0 aliphatic heterocycles. The van der Waals surface area contributed by atoms with Crippen LogP contribution in [0.3, 0.4) is 0 Å². The van der Waals surface area contributed by atoms with Crippen molar-refractivity contribution in [3.63, 3.8) is 0 Å². The molecule has 0 saturated carbocycles. The summed E-state index contributed by atoms with van der Waals surface area (Å²) < 4.78 is 1.07. The fourth-order valence-corrected chi connectivity index (χ4v) is 3.71. The van der Waals surface area contributed by atoms with Gasteiger partial charge in [-0.15, -0.1) is 0 Å². The Morgan fingerprint density at radius 1 is 0.833 bits per heavy atom. The number of rotatable bonds is 9. The normalized spacial score (nSPS) is 16.3. The van der Waals surface area contributed by atoms with E-state index in [0.29, 0.717) is 12.1 Å². The first-order valence-corrected chi connectivity index (χ1v) is 9.51. The summed E-state index contributed by atoms with van der Waals surface area (Å²) in [5, 5.41) is 0. The third-order valence-corrected chi connectivity index (χ3v) is 5.77. The zero-order valence-electron chi connectivity index (χ0n) is 15.9. The van der Waals surface area contributed by atoms with Crippen molar-refractivity contribution < 1.29 is 4.48 Å². The summed E-state index contributed by atoms with van der Waals surface area (Å²) in [5.74, 6) is 0. The standard InChI is InChI=1S/C23H34N/c1-5-6-9-14-20(2)24(4,19-22-15-10-7-11-16-22)21(3)23-17-12-8-13-18-23/h7-8,10-13,15-18,20-21H,5-6,9,14,19H2,1-4H3/q+1. The molecule has 0 radical (unpaired) electrons. The van der Waals surface area contributed by atoms with Crippen LogP contribution in [0, 0.1) is 0 Å². The molecular formula is C23H34N+. The average molecular weight is 325 g/mol. The molecule has 2 aromatic rings. The number of benzene rings is 2. The topological polar surface area (TPSA) is 0 Å². The van der Waals surface area contributed by atoms with E-state index in [1.54, 1.807) is 0 Å². The van der Waals surface area contributed by atoms with E-state index in [9.17, 15) is 0 Å². The molecule has 1 heteroatoms. The van der Waals surface area contributed by atoms with Crippen LogP contribution < -0.4 is 0 Å². The van der Waals surface area contributed by atoms with Crippen LogP contribution in [0.1, 0.15) is 63.6 Å². The van der Waals surface area contributed by atoms with E-state index in [2.05, 4.69) is 88.5 Å². The number of nitrogens with zero attached hydrogens (tertiary/aromatic N) is 1. The van der Waals surface area contributed by atoms with E-state index in [1.165, 1.54) is 36.8 Å². The second-order valence-corrected chi connectivity index (χ2v) is 7.42. The average Bonchev–Trinajstić information content (AvgIpc) is 2.62.